The van der Waals surface area contributed by atoms with Crippen molar-refractivity contribution in [2.45, 2.75) is 37.2 Å². The Balaban J connectivity index is 1.30. The zero-order chi connectivity index (χ0) is 25.9. The van der Waals surface area contributed by atoms with Crippen LogP contribution in [0.2, 0.25) is 0 Å². The monoisotopic (exact) mass is 537 g/mol. The summed E-state index contributed by atoms with van der Waals surface area (Å²) in [5.74, 6) is 0.355. The molecular weight excluding hydrogens is 506 g/mol. The maximum Gasteiger partial charge on any atom is 0.263 e. The second-order valence-electron chi connectivity index (χ2n) is 8.95. The van der Waals surface area contributed by atoms with E-state index in [2.05, 4.69) is 5.32 Å². The Hall–Kier alpha value is -2.83. The van der Waals surface area contributed by atoms with Crippen LogP contribution in [0.3, 0.4) is 0 Å². The molecule has 2 aliphatic rings. The molecule has 1 saturated heterocycles. The van der Waals surface area contributed by atoms with Gasteiger partial charge in [0, 0.05) is 13.1 Å². The van der Waals surface area contributed by atoms with Crippen LogP contribution in [0, 0.1) is 6.92 Å². The summed E-state index contributed by atoms with van der Waals surface area (Å²) in [6, 6.07) is 11.4. The Labute approximate surface area is 212 Å². The zero-order valence-corrected chi connectivity index (χ0v) is 22.0. The summed E-state index contributed by atoms with van der Waals surface area (Å²) in [6.07, 6.45) is 2.87. The molecule has 1 N–H and O–H groups in total. The number of carbonyl (C=O) groups is 1. The average Bonchev–Trinajstić information content (AvgIpc) is 2.86. The Morgan fingerprint density at radius 1 is 1.06 bits per heavy atom. The number of hydrogen-bond donors (Lipinski definition) is 1. The fraction of sp³-hybridized carbons (Fsp3) is 0.458. The molecule has 12 heteroatoms. The van der Waals surface area contributed by atoms with Crippen molar-refractivity contribution in [3.63, 3.8) is 0 Å². The summed E-state index contributed by atoms with van der Waals surface area (Å²) in [4.78, 5) is 12.9. The summed E-state index contributed by atoms with van der Waals surface area (Å²) in [5.41, 5.74) is 1.28. The van der Waals surface area contributed by atoms with Gasteiger partial charge in [0.05, 0.1) is 29.9 Å². The molecule has 1 amide bonds. The van der Waals surface area contributed by atoms with Crippen LogP contribution in [-0.4, -0.2) is 72.2 Å². The van der Waals surface area contributed by atoms with Gasteiger partial charge < -0.3 is 14.8 Å². The molecule has 36 heavy (non-hydrogen) atoms. The first-order valence-corrected chi connectivity index (χ1v) is 15.1. The van der Waals surface area contributed by atoms with Crippen molar-refractivity contribution in [3.05, 3.63) is 48.0 Å². The van der Waals surface area contributed by atoms with Crippen molar-refractivity contribution in [2.75, 3.05) is 43.3 Å². The summed E-state index contributed by atoms with van der Waals surface area (Å²) < 4.78 is 64.2. The van der Waals surface area contributed by atoms with Gasteiger partial charge in [-0.1, -0.05) is 12.5 Å². The number of sulfonamides is 2. The second-order valence-corrected chi connectivity index (χ2v) is 12.8. The highest BCUT2D eigenvalue weighted by Crippen LogP contribution is 2.35. The van der Waals surface area contributed by atoms with Gasteiger partial charge in [-0.2, -0.15) is 4.31 Å². The summed E-state index contributed by atoms with van der Waals surface area (Å²) >= 11 is 0. The van der Waals surface area contributed by atoms with Crippen LogP contribution in [0.5, 0.6) is 11.5 Å². The molecule has 196 valence electrons. The highest BCUT2D eigenvalue weighted by atomic mass is 32.2. The number of rotatable bonds is 8. The lowest BCUT2D eigenvalue weighted by molar-refractivity contribution is -0.127. The Morgan fingerprint density at radius 3 is 2.42 bits per heavy atom. The molecule has 0 saturated carbocycles. The predicted molar refractivity (Wildman–Crippen MR) is 135 cm³/mol. The Kier molecular flexibility index (Phi) is 7.76. The normalized spacial score (nSPS) is 18.7. The van der Waals surface area contributed by atoms with E-state index in [0.29, 0.717) is 30.3 Å². The first-order chi connectivity index (χ1) is 17.1. The molecule has 0 spiro atoms. The minimum absolute atomic E-state index is 0.130. The van der Waals surface area contributed by atoms with E-state index in [0.717, 1.165) is 31.1 Å². The molecule has 0 bridgehead atoms. The van der Waals surface area contributed by atoms with Gasteiger partial charge in [-0.15, -0.1) is 0 Å². The third-order valence-electron chi connectivity index (χ3n) is 6.12. The van der Waals surface area contributed by atoms with Crippen molar-refractivity contribution >= 4 is 31.6 Å². The Morgan fingerprint density at radius 2 is 1.75 bits per heavy atom. The standard InChI is InChI=1S/C24H31N3O7S2/c1-18-6-11-21-22(16-18)34-23(17-27(21)35(2,29)30)24(28)25-12-15-33-19-7-9-20(10-8-19)36(31,32)26-13-4-3-5-14-26/h6-11,16,23H,3-5,12-15,17H2,1-2H3,(H,25,28)/t23-/m0/s1. The average molecular weight is 538 g/mol. The van der Waals surface area contributed by atoms with Crippen LogP contribution in [0.4, 0.5) is 5.69 Å². The number of benzene rings is 2. The maximum atomic E-state index is 12.7. The summed E-state index contributed by atoms with van der Waals surface area (Å²) in [5, 5.41) is 2.71. The largest absolute Gasteiger partial charge is 0.492 e. The lowest BCUT2D eigenvalue weighted by Gasteiger charge is -2.34. The Bertz CT molecular complexity index is 1310. The first-order valence-electron chi connectivity index (χ1n) is 11.8. The summed E-state index contributed by atoms with van der Waals surface area (Å²) in [6.45, 7) is 3.10. The van der Waals surface area contributed by atoms with Crippen molar-refractivity contribution < 1.29 is 31.1 Å². The highest BCUT2D eigenvalue weighted by Gasteiger charge is 2.35. The number of fused-ring (bicyclic) bond motifs is 1. The molecule has 2 aromatic carbocycles. The molecule has 1 fully saturated rings. The van der Waals surface area contributed by atoms with E-state index < -0.39 is 32.1 Å². The lowest BCUT2D eigenvalue weighted by Crippen LogP contribution is -2.51. The molecule has 2 aliphatic heterocycles. The van der Waals surface area contributed by atoms with E-state index in [1.54, 1.807) is 30.3 Å². The van der Waals surface area contributed by atoms with E-state index in [1.165, 1.54) is 20.7 Å². The molecule has 0 aliphatic carbocycles. The zero-order valence-electron chi connectivity index (χ0n) is 20.3. The topological polar surface area (TPSA) is 122 Å². The molecule has 0 unspecified atom stereocenters. The fourth-order valence-electron chi connectivity index (χ4n) is 4.23. The SMILES string of the molecule is Cc1ccc2c(c1)O[C@H](C(=O)NCCOc1ccc(S(=O)(=O)N3CCCCC3)cc1)CN2S(C)(=O)=O. The molecule has 4 rings (SSSR count). The number of aryl methyl sites for hydroxylation is 1. The van der Waals surface area contributed by atoms with Gasteiger partial charge in [0.15, 0.2) is 6.10 Å². The van der Waals surface area contributed by atoms with Gasteiger partial charge in [-0.05, 0) is 61.7 Å². The fourth-order valence-corrected chi connectivity index (χ4v) is 6.66. The van der Waals surface area contributed by atoms with Gasteiger partial charge >= 0.3 is 0 Å². The van der Waals surface area contributed by atoms with Crippen molar-refractivity contribution in [2.24, 2.45) is 0 Å². The van der Waals surface area contributed by atoms with Gasteiger partial charge in [0.2, 0.25) is 20.0 Å². The van der Waals surface area contributed by atoms with E-state index in [4.69, 9.17) is 9.47 Å². The van der Waals surface area contributed by atoms with Crippen LogP contribution < -0.4 is 19.1 Å². The van der Waals surface area contributed by atoms with Crippen LogP contribution in [0.1, 0.15) is 24.8 Å². The van der Waals surface area contributed by atoms with Crippen molar-refractivity contribution in [1.82, 2.24) is 9.62 Å². The van der Waals surface area contributed by atoms with E-state index in [-0.39, 0.29) is 24.6 Å². The van der Waals surface area contributed by atoms with Gasteiger partial charge in [-0.25, -0.2) is 16.8 Å². The number of nitrogens with one attached hydrogen (secondary N) is 1. The number of hydrogen-bond acceptors (Lipinski definition) is 7. The molecule has 1 atom stereocenters. The maximum absolute atomic E-state index is 12.7. The van der Waals surface area contributed by atoms with Gasteiger partial charge in [0.1, 0.15) is 18.1 Å². The van der Waals surface area contributed by atoms with Crippen LogP contribution in [0.25, 0.3) is 0 Å². The van der Waals surface area contributed by atoms with Crippen LogP contribution in [0.15, 0.2) is 47.4 Å². The third kappa shape index (κ3) is 5.93. The third-order valence-corrected chi connectivity index (χ3v) is 9.18. The highest BCUT2D eigenvalue weighted by molar-refractivity contribution is 7.92. The van der Waals surface area contributed by atoms with Gasteiger partial charge in [0.25, 0.3) is 5.91 Å². The van der Waals surface area contributed by atoms with E-state index in [1.807, 2.05) is 6.92 Å². The van der Waals surface area contributed by atoms with Crippen LogP contribution >= 0.6 is 0 Å². The van der Waals surface area contributed by atoms with Crippen molar-refractivity contribution in [1.29, 1.82) is 0 Å². The van der Waals surface area contributed by atoms with E-state index >= 15 is 0 Å². The minimum atomic E-state index is -3.60. The second kappa shape index (κ2) is 10.7. The number of ether oxygens (including phenoxy) is 2. The van der Waals surface area contributed by atoms with E-state index in [9.17, 15) is 21.6 Å². The molecule has 0 aromatic heterocycles. The molecule has 0 radical (unpaired) electrons. The molecular formula is C24H31N3O7S2. The minimum Gasteiger partial charge on any atom is -0.492 e. The number of amides is 1. The first kappa shape index (κ1) is 26.2. The number of carbonyl (C=O) groups excluding carboxylic acids is 1. The molecule has 2 aromatic rings. The number of nitrogens with zero attached hydrogens (tertiary/aromatic N) is 2. The quantitative estimate of drug-likeness (QED) is 0.510. The van der Waals surface area contributed by atoms with Crippen LogP contribution in [-0.2, 0) is 24.8 Å². The number of piperidine rings is 1. The summed E-state index contributed by atoms with van der Waals surface area (Å²) in [7, 11) is -7.11. The predicted octanol–water partition coefficient (Wildman–Crippen LogP) is 1.89. The molecule has 2 heterocycles. The van der Waals surface area contributed by atoms with Gasteiger partial charge in [-0.3, -0.25) is 9.10 Å². The van der Waals surface area contributed by atoms with Crippen molar-refractivity contribution in [3.8, 4) is 11.5 Å². The molecule has 10 nitrogen and oxygen atoms in total. The smallest absolute Gasteiger partial charge is 0.263 e. The lowest BCUT2D eigenvalue weighted by atomic mass is 10.1. The number of anilines is 1.